The first-order valence-corrected chi connectivity index (χ1v) is 9.81. The van der Waals surface area contributed by atoms with Gasteiger partial charge in [0, 0.05) is 49.0 Å². The maximum absolute atomic E-state index is 4.58. The Morgan fingerprint density at radius 1 is 1.12 bits per heavy atom. The molecule has 1 unspecified atom stereocenters. The molecule has 2 aliphatic heterocycles. The minimum absolute atomic E-state index is 0.405. The van der Waals surface area contributed by atoms with Crippen molar-refractivity contribution in [2.24, 2.45) is 5.41 Å². The summed E-state index contributed by atoms with van der Waals surface area (Å²) in [5, 5.41) is 3.31. The number of nitrogens with zero attached hydrogens (tertiary/aromatic N) is 5. The molecule has 2 aromatic heterocycles. The molecule has 5 nitrogen and oxygen atoms in total. The standard InChI is InChI=1S/C18H25N5S/c1-2-15-10-20-17(21-11-15)23-8-5-18(14-23)4-3-7-22(13-18)12-16-19-6-9-24-16/h6,9-11H,2-5,7-8,12-14H2,1H3. The molecule has 128 valence electrons. The van der Waals surface area contributed by atoms with Gasteiger partial charge in [-0.1, -0.05) is 6.92 Å². The molecular formula is C18H25N5S. The van der Waals surface area contributed by atoms with Gasteiger partial charge < -0.3 is 4.90 Å². The normalized spacial score (nSPS) is 24.8. The third kappa shape index (κ3) is 3.30. The molecule has 2 aliphatic rings. The van der Waals surface area contributed by atoms with Crippen LogP contribution in [0.5, 0.6) is 0 Å². The second-order valence-corrected chi connectivity index (χ2v) is 8.14. The first-order valence-electron chi connectivity index (χ1n) is 8.93. The van der Waals surface area contributed by atoms with E-state index in [1.165, 1.54) is 42.9 Å². The summed E-state index contributed by atoms with van der Waals surface area (Å²) in [6.45, 7) is 7.69. The van der Waals surface area contributed by atoms with Gasteiger partial charge in [0.25, 0.3) is 0 Å². The highest BCUT2D eigenvalue weighted by Gasteiger charge is 2.42. The molecule has 2 aromatic rings. The van der Waals surface area contributed by atoms with Crippen molar-refractivity contribution in [1.82, 2.24) is 19.9 Å². The Morgan fingerprint density at radius 3 is 2.75 bits per heavy atom. The molecule has 4 heterocycles. The van der Waals surface area contributed by atoms with Crippen LogP contribution in [-0.2, 0) is 13.0 Å². The molecule has 1 atom stereocenters. The molecule has 0 amide bonds. The molecule has 2 fully saturated rings. The fourth-order valence-electron chi connectivity index (χ4n) is 4.10. The Kier molecular flexibility index (Phi) is 4.50. The maximum Gasteiger partial charge on any atom is 0.225 e. The van der Waals surface area contributed by atoms with E-state index in [1.54, 1.807) is 11.3 Å². The average molecular weight is 344 g/mol. The van der Waals surface area contributed by atoms with Gasteiger partial charge in [0.15, 0.2) is 0 Å². The quantitative estimate of drug-likeness (QED) is 0.854. The van der Waals surface area contributed by atoms with Gasteiger partial charge in [-0.25, -0.2) is 15.0 Å². The zero-order valence-corrected chi connectivity index (χ0v) is 15.1. The van der Waals surface area contributed by atoms with Crippen LogP contribution in [0.1, 0.15) is 36.8 Å². The summed E-state index contributed by atoms with van der Waals surface area (Å²) in [5.41, 5.74) is 1.61. The van der Waals surface area contributed by atoms with Crippen LogP contribution in [-0.4, -0.2) is 46.0 Å². The number of anilines is 1. The van der Waals surface area contributed by atoms with Crippen LogP contribution in [0.15, 0.2) is 24.0 Å². The predicted octanol–water partition coefficient (Wildman–Crippen LogP) is 2.99. The third-order valence-electron chi connectivity index (χ3n) is 5.40. The fraction of sp³-hybridized carbons (Fsp3) is 0.611. The number of piperidine rings is 1. The van der Waals surface area contributed by atoms with E-state index in [1.807, 2.05) is 18.6 Å². The van der Waals surface area contributed by atoms with Crippen molar-refractivity contribution in [1.29, 1.82) is 0 Å². The minimum Gasteiger partial charge on any atom is -0.340 e. The maximum atomic E-state index is 4.58. The summed E-state index contributed by atoms with van der Waals surface area (Å²) in [4.78, 5) is 18.6. The first kappa shape index (κ1) is 16.0. The lowest BCUT2D eigenvalue weighted by Crippen LogP contribution is -2.44. The van der Waals surface area contributed by atoms with Crippen LogP contribution < -0.4 is 4.90 Å². The SMILES string of the molecule is CCc1cnc(N2CCC3(CCCN(Cc4nccs4)C3)C2)nc1. The van der Waals surface area contributed by atoms with E-state index in [2.05, 4.69) is 37.1 Å². The third-order valence-corrected chi connectivity index (χ3v) is 6.17. The Labute approximate surface area is 147 Å². The molecule has 0 aromatic carbocycles. The Hall–Kier alpha value is -1.53. The van der Waals surface area contributed by atoms with E-state index in [9.17, 15) is 0 Å². The van der Waals surface area contributed by atoms with Gasteiger partial charge >= 0.3 is 0 Å². The molecule has 2 saturated heterocycles. The van der Waals surface area contributed by atoms with Gasteiger partial charge in [0.1, 0.15) is 5.01 Å². The Balaban J connectivity index is 1.42. The van der Waals surface area contributed by atoms with Gasteiger partial charge in [0.05, 0.1) is 6.54 Å². The highest BCUT2D eigenvalue weighted by atomic mass is 32.1. The van der Waals surface area contributed by atoms with E-state index in [0.29, 0.717) is 5.41 Å². The number of hydrogen-bond acceptors (Lipinski definition) is 6. The second kappa shape index (κ2) is 6.76. The molecule has 0 bridgehead atoms. The lowest BCUT2D eigenvalue weighted by atomic mass is 9.79. The molecule has 0 saturated carbocycles. The van der Waals surface area contributed by atoms with Crippen LogP contribution in [0.25, 0.3) is 0 Å². The van der Waals surface area contributed by atoms with Crippen LogP contribution in [0, 0.1) is 5.41 Å². The van der Waals surface area contributed by atoms with Crippen molar-refractivity contribution in [2.45, 2.75) is 39.2 Å². The molecular weight excluding hydrogens is 318 g/mol. The zero-order valence-electron chi connectivity index (χ0n) is 14.3. The monoisotopic (exact) mass is 343 g/mol. The summed E-state index contributed by atoms with van der Waals surface area (Å²) < 4.78 is 0. The number of likely N-dealkylation sites (tertiary alicyclic amines) is 1. The van der Waals surface area contributed by atoms with E-state index in [4.69, 9.17) is 0 Å². The van der Waals surface area contributed by atoms with Crippen LogP contribution >= 0.6 is 11.3 Å². The van der Waals surface area contributed by atoms with E-state index in [-0.39, 0.29) is 0 Å². The fourth-order valence-corrected chi connectivity index (χ4v) is 4.76. The minimum atomic E-state index is 0.405. The van der Waals surface area contributed by atoms with Crippen LogP contribution in [0.4, 0.5) is 5.95 Å². The molecule has 4 rings (SSSR count). The number of aryl methyl sites for hydroxylation is 1. The van der Waals surface area contributed by atoms with Gasteiger partial charge in [-0.3, -0.25) is 4.90 Å². The molecule has 0 N–H and O–H groups in total. The van der Waals surface area contributed by atoms with Gasteiger partial charge in [-0.15, -0.1) is 11.3 Å². The zero-order chi connectivity index (χ0) is 16.4. The van der Waals surface area contributed by atoms with Gasteiger partial charge in [-0.05, 0) is 37.8 Å². The highest BCUT2D eigenvalue weighted by Crippen LogP contribution is 2.40. The van der Waals surface area contributed by atoms with Crippen molar-refractivity contribution >= 4 is 17.3 Å². The van der Waals surface area contributed by atoms with Crippen molar-refractivity contribution in [2.75, 3.05) is 31.1 Å². The predicted molar refractivity (Wildman–Crippen MR) is 97.3 cm³/mol. The summed E-state index contributed by atoms with van der Waals surface area (Å²) >= 11 is 1.77. The smallest absolute Gasteiger partial charge is 0.225 e. The largest absolute Gasteiger partial charge is 0.340 e. The van der Waals surface area contributed by atoms with E-state index in [0.717, 1.165) is 32.0 Å². The Morgan fingerprint density at radius 2 is 2.00 bits per heavy atom. The number of aromatic nitrogens is 3. The highest BCUT2D eigenvalue weighted by molar-refractivity contribution is 7.09. The summed E-state index contributed by atoms with van der Waals surface area (Å²) in [7, 11) is 0. The number of rotatable bonds is 4. The first-order chi connectivity index (χ1) is 11.8. The van der Waals surface area contributed by atoms with Gasteiger partial charge in [0.2, 0.25) is 5.95 Å². The van der Waals surface area contributed by atoms with E-state index >= 15 is 0 Å². The van der Waals surface area contributed by atoms with E-state index < -0.39 is 0 Å². The van der Waals surface area contributed by atoms with Crippen molar-refractivity contribution in [3.8, 4) is 0 Å². The topological polar surface area (TPSA) is 45.2 Å². The number of thiazole rings is 1. The average Bonchev–Trinajstić information content (AvgIpc) is 3.26. The molecule has 24 heavy (non-hydrogen) atoms. The molecule has 1 spiro atoms. The second-order valence-electron chi connectivity index (χ2n) is 7.16. The number of hydrogen-bond donors (Lipinski definition) is 0. The summed E-state index contributed by atoms with van der Waals surface area (Å²) in [5.74, 6) is 0.904. The molecule has 6 heteroatoms. The lowest BCUT2D eigenvalue weighted by Gasteiger charge is -2.40. The Bertz CT molecular complexity index is 657. The molecule has 0 aliphatic carbocycles. The van der Waals surface area contributed by atoms with Crippen molar-refractivity contribution in [3.63, 3.8) is 0 Å². The van der Waals surface area contributed by atoms with Crippen LogP contribution in [0.2, 0.25) is 0 Å². The summed E-state index contributed by atoms with van der Waals surface area (Å²) in [6, 6.07) is 0. The summed E-state index contributed by atoms with van der Waals surface area (Å²) in [6.07, 6.45) is 10.7. The lowest BCUT2D eigenvalue weighted by molar-refractivity contribution is 0.0990. The van der Waals surface area contributed by atoms with Crippen molar-refractivity contribution < 1.29 is 0 Å². The molecule has 0 radical (unpaired) electrons. The van der Waals surface area contributed by atoms with Gasteiger partial charge in [-0.2, -0.15) is 0 Å². The van der Waals surface area contributed by atoms with Crippen LogP contribution in [0.3, 0.4) is 0 Å². The van der Waals surface area contributed by atoms with Crippen molar-refractivity contribution in [3.05, 3.63) is 34.5 Å².